The van der Waals surface area contributed by atoms with Gasteiger partial charge in [-0.25, -0.2) is 0 Å². The normalized spacial score (nSPS) is 13.6. The van der Waals surface area contributed by atoms with E-state index >= 15 is 0 Å². The van der Waals surface area contributed by atoms with E-state index in [0.29, 0.717) is 17.4 Å². The summed E-state index contributed by atoms with van der Waals surface area (Å²) in [5.74, 6) is -0.518. The van der Waals surface area contributed by atoms with Crippen LogP contribution in [-0.2, 0) is 27.9 Å². The van der Waals surface area contributed by atoms with Crippen LogP contribution in [0.3, 0.4) is 0 Å². The Morgan fingerprint density at radius 1 is 0.420 bits per heavy atom. The maximum atomic E-state index is 13.6. The summed E-state index contributed by atoms with van der Waals surface area (Å²) in [7, 11) is 1.21. The lowest BCUT2D eigenvalue weighted by Crippen LogP contribution is -2.47. The van der Waals surface area contributed by atoms with Gasteiger partial charge < -0.3 is 28.5 Å². The Bertz CT molecular complexity index is 1430. The second-order valence-electron chi connectivity index (χ2n) is 25.7. The number of amides is 1. The van der Waals surface area contributed by atoms with E-state index in [0.717, 1.165) is 57.8 Å². The predicted octanol–water partition coefficient (Wildman–Crippen LogP) is 21.8. The van der Waals surface area contributed by atoms with Crippen LogP contribution in [0.5, 0.6) is 0 Å². The lowest BCUT2D eigenvalue weighted by Gasteiger charge is -2.30. The molecule has 0 bridgehead atoms. The van der Waals surface area contributed by atoms with Crippen LogP contribution >= 0.6 is 7.82 Å². The van der Waals surface area contributed by atoms with Crippen LogP contribution in [0.15, 0.2) is 24.3 Å². The van der Waals surface area contributed by atoms with E-state index in [1.54, 1.807) is 0 Å². The summed E-state index contributed by atoms with van der Waals surface area (Å²) in [6.45, 7) is 6.90. The Hall–Kier alpha value is -1.51. The van der Waals surface area contributed by atoms with Crippen LogP contribution in [0.1, 0.15) is 367 Å². The van der Waals surface area contributed by atoms with E-state index in [1.165, 1.54) is 276 Å². The summed E-state index contributed by atoms with van der Waals surface area (Å²) in [6.07, 6.45) is 74.5. The van der Waals surface area contributed by atoms with Gasteiger partial charge in [-0.1, -0.05) is 322 Å². The maximum Gasteiger partial charge on any atom is 0.306 e. The third kappa shape index (κ3) is 62.8. The number of phosphoric ester groups is 1. The van der Waals surface area contributed by atoms with Crippen LogP contribution < -0.4 is 10.2 Å². The first-order valence-electron chi connectivity index (χ1n) is 35.6. The molecule has 0 aliphatic rings. The molecule has 81 heavy (non-hydrogen) atoms. The fourth-order valence-corrected chi connectivity index (χ4v) is 11.6. The average Bonchev–Trinajstić information content (AvgIpc) is 3.44. The summed E-state index contributed by atoms with van der Waals surface area (Å²) < 4.78 is 30.4. The van der Waals surface area contributed by atoms with Crippen molar-refractivity contribution in [3.05, 3.63) is 24.3 Å². The van der Waals surface area contributed by atoms with Crippen LogP contribution in [0, 0.1) is 0 Å². The summed E-state index contributed by atoms with van der Waals surface area (Å²) in [4.78, 5) is 40.1. The monoisotopic (exact) mass is 1160 g/mol. The zero-order valence-electron chi connectivity index (χ0n) is 55.0. The summed E-state index contributed by atoms with van der Waals surface area (Å²) >= 11 is 0. The van der Waals surface area contributed by atoms with Crippen molar-refractivity contribution >= 4 is 19.7 Å². The van der Waals surface area contributed by atoms with Crippen molar-refractivity contribution in [1.82, 2.24) is 5.32 Å². The first-order chi connectivity index (χ1) is 39.4. The number of rotatable bonds is 66. The molecule has 0 aromatic heterocycles. The molecule has 480 valence electrons. The van der Waals surface area contributed by atoms with Gasteiger partial charge in [0.05, 0.1) is 33.8 Å². The number of ether oxygens (including phenoxy) is 1. The molecule has 1 N–H and O–H groups in total. The Morgan fingerprint density at radius 2 is 0.716 bits per heavy atom. The van der Waals surface area contributed by atoms with E-state index < -0.39 is 20.0 Å². The SMILES string of the molecule is CCCCCCCC/C=C/CCCCCCCCCCCCCCCCCC(=O)NC(COP(=O)([O-])OCC[N+](C)(C)C)C(/C=C\CCCCCCCCCCC)OC(=O)CCCCCCCCCCCCCCCCCCCCC. The zero-order chi connectivity index (χ0) is 59.3. The van der Waals surface area contributed by atoms with Gasteiger partial charge in [-0.2, -0.15) is 0 Å². The van der Waals surface area contributed by atoms with Crippen molar-refractivity contribution in [2.45, 2.75) is 380 Å². The number of allylic oxidation sites excluding steroid dienone is 3. The Labute approximate surface area is 504 Å². The van der Waals surface area contributed by atoms with Crippen molar-refractivity contribution < 1.29 is 37.3 Å². The molecule has 1 amide bonds. The average molecular weight is 1160 g/mol. The standard InChI is InChI=1S/C71H139N2O7P/c1-7-10-13-16-19-22-25-27-29-31-33-34-35-36-37-38-40-41-43-45-48-51-54-57-60-63-70(74)72-68(67-79-81(76,77)78-66-65-73(4,5)6)69(62-59-56-53-50-47-24-21-18-15-12-9-3)80-71(75)64-61-58-55-52-49-46-44-42-39-32-30-28-26-23-20-17-14-11-8-2/h27,29,59,62,68-69H,7-26,28,30-58,60-61,63-67H2,1-6H3,(H-,72,74,76,77)/b29-27+,62-59-. The van der Waals surface area contributed by atoms with Crippen LogP contribution in [0.25, 0.3) is 0 Å². The number of phosphoric acid groups is 1. The molecule has 0 saturated carbocycles. The topological polar surface area (TPSA) is 114 Å². The maximum absolute atomic E-state index is 13.6. The van der Waals surface area contributed by atoms with Crippen LogP contribution in [0.2, 0.25) is 0 Å². The highest BCUT2D eigenvalue weighted by molar-refractivity contribution is 7.45. The first kappa shape index (κ1) is 79.5. The number of hydrogen-bond donors (Lipinski definition) is 1. The van der Waals surface area contributed by atoms with Crippen molar-refractivity contribution in [3.63, 3.8) is 0 Å². The molecular formula is C71H139N2O7P. The van der Waals surface area contributed by atoms with E-state index in [2.05, 4.69) is 38.2 Å². The number of unbranched alkanes of at least 4 members (excludes halogenated alkanes) is 48. The molecule has 3 atom stereocenters. The van der Waals surface area contributed by atoms with Crippen LogP contribution in [-0.4, -0.2) is 69.4 Å². The van der Waals surface area contributed by atoms with Gasteiger partial charge in [0, 0.05) is 12.8 Å². The van der Waals surface area contributed by atoms with Crippen molar-refractivity contribution in [2.24, 2.45) is 0 Å². The molecule has 0 heterocycles. The third-order valence-electron chi connectivity index (χ3n) is 16.4. The minimum atomic E-state index is -4.70. The molecule has 0 aliphatic heterocycles. The van der Waals surface area contributed by atoms with Crippen molar-refractivity contribution in [3.8, 4) is 0 Å². The number of hydrogen-bond acceptors (Lipinski definition) is 7. The van der Waals surface area contributed by atoms with Gasteiger partial charge in [-0.05, 0) is 57.4 Å². The van der Waals surface area contributed by atoms with Gasteiger partial charge in [0.2, 0.25) is 5.91 Å². The summed E-state index contributed by atoms with van der Waals surface area (Å²) in [6, 6.07) is -0.882. The number of carbonyl (C=O) groups is 2. The first-order valence-corrected chi connectivity index (χ1v) is 37.1. The van der Waals surface area contributed by atoms with Crippen molar-refractivity contribution in [2.75, 3.05) is 40.9 Å². The lowest BCUT2D eigenvalue weighted by atomic mass is 10.0. The quantitative estimate of drug-likeness (QED) is 0.0212. The predicted molar refractivity (Wildman–Crippen MR) is 349 cm³/mol. The number of likely N-dealkylation sites (N-methyl/N-ethyl adjacent to an activating group) is 1. The number of esters is 1. The van der Waals surface area contributed by atoms with E-state index in [4.69, 9.17) is 13.8 Å². The molecule has 0 rings (SSSR count). The van der Waals surface area contributed by atoms with Gasteiger partial charge in [-0.3, -0.25) is 14.2 Å². The molecule has 9 nitrogen and oxygen atoms in total. The molecule has 0 aliphatic carbocycles. The Balaban J connectivity index is 4.97. The number of quaternary nitrogens is 1. The number of nitrogens with one attached hydrogen (secondary N) is 1. The molecular weight excluding hydrogens is 1020 g/mol. The largest absolute Gasteiger partial charge is 0.756 e. The third-order valence-corrected chi connectivity index (χ3v) is 17.3. The highest BCUT2D eigenvalue weighted by Gasteiger charge is 2.27. The molecule has 0 aromatic rings. The van der Waals surface area contributed by atoms with E-state index in [1.807, 2.05) is 33.3 Å². The van der Waals surface area contributed by atoms with Crippen molar-refractivity contribution in [1.29, 1.82) is 0 Å². The zero-order valence-corrected chi connectivity index (χ0v) is 55.9. The second kappa shape index (κ2) is 61.6. The van der Waals surface area contributed by atoms with Gasteiger partial charge in [0.25, 0.3) is 7.82 Å². The summed E-state index contributed by atoms with van der Waals surface area (Å²) in [5, 5.41) is 3.05. The fraction of sp³-hybridized carbons (Fsp3) is 0.915. The number of carbonyl (C=O) groups excluding carboxylic acids is 2. The highest BCUT2D eigenvalue weighted by Crippen LogP contribution is 2.38. The molecule has 3 unspecified atom stereocenters. The minimum Gasteiger partial charge on any atom is -0.756 e. The van der Waals surface area contributed by atoms with E-state index in [9.17, 15) is 19.0 Å². The Kier molecular flexibility index (Phi) is 60.4. The summed E-state index contributed by atoms with van der Waals surface area (Å²) in [5.41, 5.74) is 0. The van der Waals surface area contributed by atoms with Gasteiger partial charge in [0.15, 0.2) is 0 Å². The molecule has 0 fully saturated rings. The Morgan fingerprint density at radius 3 is 1.05 bits per heavy atom. The minimum absolute atomic E-state index is 0.0179. The molecule has 0 saturated heterocycles. The molecule has 0 radical (unpaired) electrons. The van der Waals surface area contributed by atoms with Gasteiger partial charge in [-0.15, -0.1) is 0 Å². The molecule has 10 heteroatoms. The van der Waals surface area contributed by atoms with Gasteiger partial charge >= 0.3 is 5.97 Å². The highest BCUT2D eigenvalue weighted by atomic mass is 31.2. The smallest absolute Gasteiger partial charge is 0.306 e. The molecule has 0 spiro atoms. The fourth-order valence-electron chi connectivity index (χ4n) is 10.9. The lowest BCUT2D eigenvalue weighted by molar-refractivity contribution is -0.870. The van der Waals surface area contributed by atoms with Gasteiger partial charge in [0.1, 0.15) is 19.3 Å². The molecule has 0 aromatic carbocycles. The van der Waals surface area contributed by atoms with Crippen LogP contribution in [0.4, 0.5) is 0 Å². The van der Waals surface area contributed by atoms with E-state index in [-0.39, 0.29) is 31.5 Å². The second-order valence-corrected chi connectivity index (χ2v) is 27.2. The number of nitrogens with zero attached hydrogens (tertiary/aromatic N) is 1.